The zero-order valence-corrected chi connectivity index (χ0v) is 15.4. The maximum atomic E-state index is 12.5. The highest BCUT2D eigenvalue weighted by Gasteiger charge is 2.16. The summed E-state index contributed by atoms with van der Waals surface area (Å²) in [5.41, 5.74) is 1.04. The summed E-state index contributed by atoms with van der Waals surface area (Å²) >= 11 is 0. The van der Waals surface area contributed by atoms with Gasteiger partial charge in [-0.3, -0.25) is 9.52 Å². The zero-order valence-electron chi connectivity index (χ0n) is 14.6. The summed E-state index contributed by atoms with van der Waals surface area (Å²) in [5.74, 6) is -0.509. The lowest BCUT2D eigenvalue weighted by Gasteiger charge is -2.10. The van der Waals surface area contributed by atoms with Gasteiger partial charge in [0.15, 0.2) is 5.78 Å². The Balaban J connectivity index is 1.82. The Morgan fingerprint density at radius 2 is 1.57 bits per heavy atom. The number of phenols is 2. The second-order valence-corrected chi connectivity index (χ2v) is 7.62. The monoisotopic (exact) mass is 395 g/mol. The Hall–Kier alpha value is -3.58. The topological polar surface area (TPSA) is 104 Å². The normalized spacial score (nSPS) is 11.4. The molecule has 28 heavy (non-hydrogen) atoms. The number of hydrogen-bond acceptors (Lipinski definition) is 5. The van der Waals surface area contributed by atoms with Crippen LogP contribution in [0.25, 0.3) is 6.08 Å². The fourth-order valence-electron chi connectivity index (χ4n) is 2.44. The SMILES string of the molecule is O=C(/C=C/c1ccc(O)c(NS(=O)(=O)c2ccc(O)cc2)c1)c1ccccc1. The van der Waals surface area contributed by atoms with E-state index < -0.39 is 10.0 Å². The number of carbonyl (C=O) groups excluding carboxylic acids is 1. The molecule has 0 aliphatic carbocycles. The lowest BCUT2D eigenvalue weighted by molar-refractivity contribution is 0.104. The van der Waals surface area contributed by atoms with Gasteiger partial charge >= 0.3 is 0 Å². The van der Waals surface area contributed by atoms with Crippen molar-refractivity contribution in [3.8, 4) is 11.5 Å². The molecule has 7 heteroatoms. The first kappa shape index (κ1) is 19.2. The van der Waals surface area contributed by atoms with Crippen molar-refractivity contribution in [3.63, 3.8) is 0 Å². The molecule has 0 saturated carbocycles. The molecule has 0 radical (unpaired) electrons. The third-order valence-electron chi connectivity index (χ3n) is 3.90. The molecular formula is C21H17NO5S. The van der Waals surface area contributed by atoms with E-state index in [1.807, 2.05) is 6.07 Å². The van der Waals surface area contributed by atoms with E-state index in [0.717, 1.165) is 0 Å². The third-order valence-corrected chi connectivity index (χ3v) is 5.28. The lowest BCUT2D eigenvalue weighted by Crippen LogP contribution is -2.13. The van der Waals surface area contributed by atoms with Crippen LogP contribution in [-0.2, 0) is 10.0 Å². The Morgan fingerprint density at radius 3 is 2.25 bits per heavy atom. The largest absolute Gasteiger partial charge is 0.508 e. The smallest absolute Gasteiger partial charge is 0.262 e. The van der Waals surface area contributed by atoms with Gasteiger partial charge in [-0.15, -0.1) is 0 Å². The lowest BCUT2D eigenvalue weighted by atomic mass is 10.1. The van der Waals surface area contributed by atoms with Crippen molar-refractivity contribution in [1.82, 2.24) is 0 Å². The molecule has 142 valence electrons. The molecule has 0 atom stereocenters. The Kier molecular flexibility index (Phi) is 5.47. The number of rotatable bonds is 6. The maximum Gasteiger partial charge on any atom is 0.262 e. The highest BCUT2D eigenvalue weighted by atomic mass is 32.2. The van der Waals surface area contributed by atoms with Gasteiger partial charge in [0.2, 0.25) is 0 Å². The standard InChI is InChI=1S/C21H17NO5S/c23-17-8-10-18(11-9-17)28(26,27)22-19-14-15(7-13-21(19)25)6-12-20(24)16-4-2-1-3-5-16/h1-14,22-23,25H/b12-6+. The van der Waals surface area contributed by atoms with Crippen molar-refractivity contribution in [2.75, 3.05) is 4.72 Å². The number of allylic oxidation sites excluding steroid dienone is 1. The summed E-state index contributed by atoms with van der Waals surface area (Å²) < 4.78 is 27.2. The van der Waals surface area contributed by atoms with Crippen LogP contribution in [0.15, 0.2) is 83.8 Å². The van der Waals surface area contributed by atoms with E-state index in [2.05, 4.69) is 4.72 Å². The summed E-state index contributed by atoms with van der Waals surface area (Å²) in [4.78, 5) is 12.1. The summed E-state index contributed by atoms with van der Waals surface area (Å²) in [6.07, 6.45) is 2.91. The molecule has 0 aliphatic heterocycles. The predicted octanol–water partition coefficient (Wildman–Crippen LogP) is 3.79. The minimum Gasteiger partial charge on any atom is -0.508 e. The number of sulfonamides is 1. The number of phenolic OH excluding ortho intramolecular Hbond substituents is 2. The Labute approximate surface area is 162 Å². The molecule has 0 aliphatic rings. The van der Waals surface area contributed by atoms with E-state index in [-0.39, 0.29) is 27.9 Å². The first-order valence-electron chi connectivity index (χ1n) is 8.27. The average molecular weight is 395 g/mol. The second kappa shape index (κ2) is 7.98. The zero-order chi connectivity index (χ0) is 20.1. The van der Waals surface area contributed by atoms with Gasteiger partial charge in [-0.2, -0.15) is 0 Å². The van der Waals surface area contributed by atoms with E-state index in [1.165, 1.54) is 48.6 Å². The summed E-state index contributed by atoms with van der Waals surface area (Å²) in [7, 11) is -3.96. The van der Waals surface area contributed by atoms with Crippen LogP contribution in [0.4, 0.5) is 5.69 Å². The first-order valence-corrected chi connectivity index (χ1v) is 9.76. The van der Waals surface area contributed by atoms with Crippen LogP contribution in [0.2, 0.25) is 0 Å². The molecule has 0 saturated heterocycles. The van der Waals surface area contributed by atoms with Gasteiger partial charge in [0.1, 0.15) is 11.5 Å². The van der Waals surface area contributed by atoms with Crippen molar-refractivity contribution in [3.05, 3.63) is 90.0 Å². The number of nitrogens with one attached hydrogen (secondary N) is 1. The molecule has 3 rings (SSSR count). The van der Waals surface area contributed by atoms with Gasteiger partial charge in [0.05, 0.1) is 10.6 Å². The predicted molar refractivity (Wildman–Crippen MR) is 107 cm³/mol. The molecule has 0 spiro atoms. The molecule has 0 amide bonds. The van der Waals surface area contributed by atoms with Crippen LogP contribution >= 0.6 is 0 Å². The molecule has 0 aromatic heterocycles. The highest BCUT2D eigenvalue weighted by molar-refractivity contribution is 7.92. The van der Waals surface area contributed by atoms with E-state index in [4.69, 9.17) is 0 Å². The second-order valence-electron chi connectivity index (χ2n) is 5.94. The maximum absolute atomic E-state index is 12.5. The number of anilines is 1. The molecule has 3 aromatic rings. The van der Waals surface area contributed by atoms with Gasteiger partial charge < -0.3 is 10.2 Å². The van der Waals surface area contributed by atoms with Crippen LogP contribution in [0, 0.1) is 0 Å². The molecular weight excluding hydrogens is 378 g/mol. The fourth-order valence-corrected chi connectivity index (χ4v) is 3.50. The molecule has 3 aromatic carbocycles. The van der Waals surface area contributed by atoms with Gasteiger partial charge in [-0.05, 0) is 48.0 Å². The number of ketones is 1. The van der Waals surface area contributed by atoms with Crippen LogP contribution in [-0.4, -0.2) is 24.4 Å². The van der Waals surface area contributed by atoms with Crippen LogP contribution in [0.3, 0.4) is 0 Å². The molecule has 0 bridgehead atoms. The van der Waals surface area contributed by atoms with E-state index in [9.17, 15) is 23.4 Å². The molecule has 3 N–H and O–H groups in total. The van der Waals surface area contributed by atoms with Crippen molar-refractivity contribution in [1.29, 1.82) is 0 Å². The summed E-state index contributed by atoms with van der Waals surface area (Å²) in [5, 5.41) is 19.3. The van der Waals surface area contributed by atoms with Gasteiger partial charge in [-0.1, -0.05) is 42.5 Å². The quantitative estimate of drug-likeness (QED) is 0.335. The van der Waals surface area contributed by atoms with Crippen LogP contribution in [0.1, 0.15) is 15.9 Å². The minimum absolute atomic E-state index is 0.0256. The Morgan fingerprint density at radius 1 is 0.893 bits per heavy atom. The van der Waals surface area contributed by atoms with E-state index >= 15 is 0 Å². The molecule has 0 unspecified atom stereocenters. The van der Waals surface area contributed by atoms with Crippen molar-refractivity contribution in [2.45, 2.75) is 4.90 Å². The molecule has 0 fully saturated rings. The average Bonchev–Trinajstić information content (AvgIpc) is 2.69. The third kappa shape index (κ3) is 4.57. The number of aromatic hydroxyl groups is 2. The first-order chi connectivity index (χ1) is 13.3. The van der Waals surface area contributed by atoms with Gasteiger partial charge in [-0.25, -0.2) is 8.42 Å². The minimum atomic E-state index is -3.96. The van der Waals surface area contributed by atoms with E-state index in [1.54, 1.807) is 30.3 Å². The van der Waals surface area contributed by atoms with Gasteiger partial charge in [0, 0.05) is 5.56 Å². The highest BCUT2D eigenvalue weighted by Crippen LogP contribution is 2.28. The Bertz CT molecular complexity index is 1120. The number of carbonyl (C=O) groups is 1. The summed E-state index contributed by atoms with van der Waals surface area (Å²) in [6, 6.07) is 18.0. The van der Waals surface area contributed by atoms with Crippen molar-refractivity contribution < 1.29 is 23.4 Å². The van der Waals surface area contributed by atoms with Crippen molar-refractivity contribution >= 4 is 27.6 Å². The van der Waals surface area contributed by atoms with Crippen molar-refractivity contribution in [2.24, 2.45) is 0 Å². The fraction of sp³-hybridized carbons (Fsp3) is 0. The van der Waals surface area contributed by atoms with E-state index in [0.29, 0.717) is 11.1 Å². The van der Waals surface area contributed by atoms with Gasteiger partial charge in [0.25, 0.3) is 10.0 Å². The molecule has 0 heterocycles. The summed E-state index contributed by atoms with van der Waals surface area (Å²) in [6.45, 7) is 0. The number of benzene rings is 3. The molecule has 6 nitrogen and oxygen atoms in total. The van der Waals surface area contributed by atoms with Crippen LogP contribution < -0.4 is 4.72 Å². The number of hydrogen-bond donors (Lipinski definition) is 3. The van der Waals surface area contributed by atoms with Crippen LogP contribution in [0.5, 0.6) is 11.5 Å².